The Morgan fingerprint density at radius 1 is 1.32 bits per heavy atom. The van der Waals surface area contributed by atoms with E-state index in [1.165, 1.54) is 0 Å². The molecule has 6 nitrogen and oxygen atoms in total. The molecule has 1 N–H and O–H groups in total. The minimum absolute atomic E-state index is 0.198. The van der Waals surface area contributed by atoms with Crippen LogP contribution < -0.4 is 10.1 Å². The fraction of sp³-hybridized carbons (Fsp3) is 0.312. The molecule has 0 aromatic carbocycles. The van der Waals surface area contributed by atoms with Crippen molar-refractivity contribution in [1.82, 2.24) is 24.7 Å². The second-order valence-electron chi connectivity index (χ2n) is 5.04. The van der Waals surface area contributed by atoms with Crippen LogP contribution in [-0.2, 0) is 0 Å². The van der Waals surface area contributed by atoms with E-state index < -0.39 is 0 Å². The number of hydrogen-bond acceptors (Lipinski definition) is 5. The van der Waals surface area contributed by atoms with E-state index in [1.54, 1.807) is 13.3 Å². The summed E-state index contributed by atoms with van der Waals surface area (Å²) in [5.74, 6) is 0.514. The van der Waals surface area contributed by atoms with Crippen molar-refractivity contribution in [3.8, 4) is 17.1 Å². The Morgan fingerprint density at radius 3 is 2.95 bits per heavy atom. The van der Waals surface area contributed by atoms with Gasteiger partial charge in [0.2, 0.25) is 0 Å². The monoisotopic (exact) mass is 297 g/mol. The average molecular weight is 297 g/mol. The SMILES string of the molecule is CCN[C@H](C)c1cc(-c2cn3ccnc3c(OC)n2)ccn1. The molecule has 1 atom stereocenters. The van der Waals surface area contributed by atoms with Crippen LogP contribution in [0, 0.1) is 0 Å². The van der Waals surface area contributed by atoms with Crippen molar-refractivity contribution in [3.63, 3.8) is 0 Å². The number of hydrogen-bond donors (Lipinski definition) is 1. The van der Waals surface area contributed by atoms with Gasteiger partial charge in [0.25, 0.3) is 5.88 Å². The average Bonchev–Trinajstić information content (AvgIpc) is 3.02. The largest absolute Gasteiger partial charge is 0.478 e. The van der Waals surface area contributed by atoms with Gasteiger partial charge in [0.05, 0.1) is 18.5 Å². The normalized spacial score (nSPS) is 12.5. The van der Waals surface area contributed by atoms with E-state index in [1.807, 2.05) is 29.1 Å². The standard InChI is InChI=1S/C16H19N5O/c1-4-17-11(2)13-9-12(5-6-18-13)14-10-21-8-7-19-15(21)16(20-14)22-3/h5-11,17H,4H2,1-3H3/t11-/m1/s1. The fourth-order valence-electron chi connectivity index (χ4n) is 2.43. The van der Waals surface area contributed by atoms with Gasteiger partial charge in [0.15, 0.2) is 5.65 Å². The maximum absolute atomic E-state index is 5.34. The van der Waals surface area contributed by atoms with Crippen LogP contribution in [0.3, 0.4) is 0 Å². The van der Waals surface area contributed by atoms with Crippen LogP contribution in [0.2, 0.25) is 0 Å². The lowest BCUT2D eigenvalue weighted by atomic mass is 10.1. The molecule has 0 aliphatic rings. The van der Waals surface area contributed by atoms with Crippen molar-refractivity contribution in [1.29, 1.82) is 0 Å². The predicted octanol–water partition coefficient (Wildman–Crippen LogP) is 2.47. The molecule has 0 spiro atoms. The topological polar surface area (TPSA) is 64.3 Å². The molecule has 3 aromatic heterocycles. The summed E-state index contributed by atoms with van der Waals surface area (Å²) in [5, 5.41) is 3.37. The molecule has 0 aliphatic heterocycles. The molecule has 0 unspecified atom stereocenters. The molecule has 0 saturated heterocycles. The Bertz CT molecular complexity index is 783. The molecule has 0 fully saturated rings. The van der Waals surface area contributed by atoms with Crippen LogP contribution in [0.15, 0.2) is 36.9 Å². The molecule has 0 radical (unpaired) electrons. The van der Waals surface area contributed by atoms with Crippen molar-refractivity contribution in [2.24, 2.45) is 0 Å². The van der Waals surface area contributed by atoms with Crippen LogP contribution in [0.1, 0.15) is 25.6 Å². The molecule has 0 bridgehead atoms. The first-order valence-electron chi connectivity index (χ1n) is 7.30. The summed E-state index contributed by atoms with van der Waals surface area (Å²) in [4.78, 5) is 13.2. The first-order valence-corrected chi connectivity index (χ1v) is 7.30. The molecule has 3 rings (SSSR count). The molecule has 22 heavy (non-hydrogen) atoms. The molecular formula is C16H19N5O. The van der Waals surface area contributed by atoms with E-state index >= 15 is 0 Å². The number of nitrogens with zero attached hydrogens (tertiary/aromatic N) is 4. The summed E-state index contributed by atoms with van der Waals surface area (Å²) < 4.78 is 7.25. The molecule has 6 heteroatoms. The molecule has 3 heterocycles. The summed E-state index contributed by atoms with van der Waals surface area (Å²) in [5.41, 5.74) is 3.53. The Labute approximate surface area is 129 Å². The van der Waals surface area contributed by atoms with Gasteiger partial charge in [0, 0.05) is 36.4 Å². The summed E-state index contributed by atoms with van der Waals surface area (Å²) in [7, 11) is 1.60. The fourth-order valence-corrected chi connectivity index (χ4v) is 2.43. The number of fused-ring (bicyclic) bond motifs is 1. The van der Waals surface area contributed by atoms with Gasteiger partial charge in [0.1, 0.15) is 0 Å². The second kappa shape index (κ2) is 6.11. The van der Waals surface area contributed by atoms with Crippen molar-refractivity contribution in [2.45, 2.75) is 19.9 Å². The van der Waals surface area contributed by atoms with Gasteiger partial charge in [-0.3, -0.25) is 4.98 Å². The summed E-state index contributed by atoms with van der Waals surface area (Å²) in [6.07, 6.45) is 7.37. The molecule has 114 valence electrons. The number of rotatable bonds is 5. The van der Waals surface area contributed by atoms with Crippen LogP contribution in [0.5, 0.6) is 5.88 Å². The number of methoxy groups -OCH3 is 1. The van der Waals surface area contributed by atoms with E-state index in [4.69, 9.17) is 4.74 Å². The first kappa shape index (κ1) is 14.5. The minimum Gasteiger partial charge on any atom is -0.478 e. The van der Waals surface area contributed by atoms with Gasteiger partial charge in [-0.25, -0.2) is 9.97 Å². The Kier molecular flexibility index (Phi) is 4.02. The summed E-state index contributed by atoms with van der Waals surface area (Å²) in [6, 6.07) is 4.20. The maximum Gasteiger partial charge on any atom is 0.258 e. The molecular weight excluding hydrogens is 278 g/mol. The van der Waals surface area contributed by atoms with E-state index in [-0.39, 0.29) is 6.04 Å². The lowest BCUT2D eigenvalue weighted by Crippen LogP contribution is -2.18. The predicted molar refractivity (Wildman–Crippen MR) is 84.9 cm³/mol. The summed E-state index contributed by atoms with van der Waals surface area (Å²) in [6.45, 7) is 5.09. The third kappa shape index (κ3) is 2.65. The molecule has 0 aliphatic carbocycles. The number of ether oxygens (including phenoxy) is 1. The Balaban J connectivity index is 2.05. The van der Waals surface area contributed by atoms with E-state index in [0.717, 1.165) is 23.5 Å². The second-order valence-corrected chi connectivity index (χ2v) is 5.04. The number of pyridine rings is 1. The van der Waals surface area contributed by atoms with E-state index in [0.29, 0.717) is 11.5 Å². The van der Waals surface area contributed by atoms with Crippen molar-refractivity contribution in [3.05, 3.63) is 42.6 Å². The Hall–Kier alpha value is -2.47. The third-order valence-corrected chi connectivity index (χ3v) is 3.57. The molecule has 0 amide bonds. The van der Waals surface area contributed by atoms with Crippen molar-refractivity contribution >= 4 is 5.65 Å². The zero-order chi connectivity index (χ0) is 15.5. The highest BCUT2D eigenvalue weighted by atomic mass is 16.5. The number of imidazole rings is 1. The van der Waals surface area contributed by atoms with Gasteiger partial charge in [-0.1, -0.05) is 6.92 Å². The number of nitrogens with one attached hydrogen (secondary N) is 1. The van der Waals surface area contributed by atoms with Gasteiger partial charge < -0.3 is 14.5 Å². The number of aromatic nitrogens is 4. The van der Waals surface area contributed by atoms with E-state index in [9.17, 15) is 0 Å². The van der Waals surface area contributed by atoms with Crippen molar-refractivity contribution in [2.75, 3.05) is 13.7 Å². The minimum atomic E-state index is 0.198. The van der Waals surface area contributed by atoms with Crippen molar-refractivity contribution < 1.29 is 4.74 Å². The highest BCUT2D eigenvalue weighted by molar-refractivity contribution is 5.63. The maximum atomic E-state index is 5.34. The lowest BCUT2D eigenvalue weighted by molar-refractivity contribution is 0.400. The van der Waals surface area contributed by atoms with Crippen LogP contribution in [-0.4, -0.2) is 33.0 Å². The summed E-state index contributed by atoms with van der Waals surface area (Å²) >= 11 is 0. The highest BCUT2D eigenvalue weighted by Crippen LogP contribution is 2.24. The smallest absolute Gasteiger partial charge is 0.258 e. The molecule has 0 saturated carbocycles. The van der Waals surface area contributed by atoms with Crippen LogP contribution in [0.25, 0.3) is 16.9 Å². The Morgan fingerprint density at radius 2 is 2.18 bits per heavy atom. The van der Waals surface area contributed by atoms with Gasteiger partial charge in [-0.15, -0.1) is 0 Å². The van der Waals surface area contributed by atoms with Gasteiger partial charge >= 0.3 is 0 Å². The van der Waals surface area contributed by atoms with Gasteiger partial charge in [-0.05, 0) is 25.6 Å². The first-order chi connectivity index (χ1) is 10.7. The zero-order valence-electron chi connectivity index (χ0n) is 12.9. The third-order valence-electron chi connectivity index (χ3n) is 3.57. The van der Waals surface area contributed by atoms with E-state index in [2.05, 4.69) is 40.2 Å². The quantitative estimate of drug-likeness (QED) is 0.783. The highest BCUT2D eigenvalue weighted by Gasteiger charge is 2.11. The molecule has 3 aromatic rings. The van der Waals surface area contributed by atoms with Gasteiger partial charge in [-0.2, -0.15) is 0 Å². The zero-order valence-corrected chi connectivity index (χ0v) is 12.9. The van der Waals surface area contributed by atoms with Crippen LogP contribution in [0.4, 0.5) is 0 Å². The van der Waals surface area contributed by atoms with Crippen LogP contribution >= 0.6 is 0 Å². The lowest BCUT2D eigenvalue weighted by Gasteiger charge is -2.13.